The van der Waals surface area contributed by atoms with Gasteiger partial charge in [-0.05, 0) is 41.1 Å². The molecule has 0 amide bonds. The summed E-state index contributed by atoms with van der Waals surface area (Å²) >= 11 is 11.0. The van der Waals surface area contributed by atoms with E-state index >= 15 is 0 Å². The van der Waals surface area contributed by atoms with Crippen molar-refractivity contribution in [2.45, 2.75) is 13.0 Å². The van der Waals surface area contributed by atoms with E-state index in [1.54, 1.807) is 11.3 Å². The zero-order chi connectivity index (χ0) is 11.5. The summed E-state index contributed by atoms with van der Waals surface area (Å²) in [6, 6.07) is 6.05. The highest BCUT2D eigenvalue weighted by Crippen LogP contribution is 2.28. The van der Waals surface area contributed by atoms with Crippen molar-refractivity contribution in [3.63, 3.8) is 0 Å². The van der Waals surface area contributed by atoms with Crippen LogP contribution in [-0.2, 0) is 0 Å². The van der Waals surface area contributed by atoms with Crippen molar-refractivity contribution in [1.82, 2.24) is 4.98 Å². The molecule has 5 heteroatoms. The first-order chi connectivity index (χ1) is 7.66. The van der Waals surface area contributed by atoms with Gasteiger partial charge in [0, 0.05) is 21.2 Å². The molecule has 1 atom stereocenters. The molecule has 0 saturated heterocycles. The Balaban J connectivity index is 2.12. The molecule has 0 spiro atoms. The first-order valence-electron chi connectivity index (χ1n) is 4.77. The summed E-state index contributed by atoms with van der Waals surface area (Å²) in [6.45, 7) is 2.11. The topological polar surface area (TPSA) is 24.9 Å². The van der Waals surface area contributed by atoms with Crippen LogP contribution in [0.4, 0.5) is 5.69 Å². The number of hydrogen-bond acceptors (Lipinski definition) is 3. The van der Waals surface area contributed by atoms with Crippen molar-refractivity contribution in [3.05, 3.63) is 44.3 Å². The van der Waals surface area contributed by atoms with E-state index in [9.17, 15) is 0 Å². The highest BCUT2D eigenvalue weighted by Gasteiger charge is 2.07. The molecule has 0 saturated carbocycles. The van der Waals surface area contributed by atoms with Gasteiger partial charge in [-0.3, -0.25) is 4.98 Å². The van der Waals surface area contributed by atoms with Crippen LogP contribution < -0.4 is 5.32 Å². The molecule has 1 unspecified atom stereocenters. The van der Waals surface area contributed by atoms with Crippen LogP contribution in [-0.4, -0.2) is 4.98 Å². The standard InChI is InChI=1S/C11H10BrClN2S/c1-7(11-5-14-6-16-11)15-8-2-3-10(13)9(12)4-8/h2-7,15H,1H3. The van der Waals surface area contributed by atoms with Gasteiger partial charge in [-0.2, -0.15) is 0 Å². The first-order valence-corrected chi connectivity index (χ1v) is 6.82. The average Bonchev–Trinajstić information content (AvgIpc) is 2.77. The third-order valence-corrected chi connectivity index (χ3v) is 4.35. The number of rotatable bonds is 3. The summed E-state index contributed by atoms with van der Waals surface area (Å²) < 4.78 is 0.899. The van der Waals surface area contributed by atoms with E-state index in [2.05, 4.69) is 33.2 Å². The second kappa shape index (κ2) is 5.17. The number of halogens is 2. The van der Waals surface area contributed by atoms with Crippen molar-refractivity contribution in [2.75, 3.05) is 5.32 Å². The van der Waals surface area contributed by atoms with Gasteiger partial charge < -0.3 is 5.32 Å². The van der Waals surface area contributed by atoms with Crippen LogP contribution in [0.3, 0.4) is 0 Å². The predicted octanol–water partition coefficient (Wildman–Crippen LogP) is 4.73. The lowest BCUT2D eigenvalue weighted by Gasteiger charge is -2.13. The maximum Gasteiger partial charge on any atom is 0.0795 e. The van der Waals surface area contributed by atoms with Gasteiger partial charge in [0.2, 0.25) is 0 Å². The molecule has 0 aliphatic heterocycles. The summed E-state index contributed by atoms with van der Waals surface area (Å²) in [5.74, 6) is 0. The largest absolute Gasteiger partial charge is 0.378 e. The minimum atomic E-state index is 0.251. The molecule has 0 aliphatic rings. The highest BCUT2D eigenvalue weighted by atomic mass is 79.9. The number of hydrogen-bond donors (Lipinski definition) is 1. The number of benzene rings is 1. The minimum Gasteiger partial charge on any atom is -0.378 e. The Hall–Kier alpha value is -0.580. The van der Waals surface area contributed by atoms with Crippen LogP contribution >= 0.6 is 38.9 Å². The molecule has 84 valence electrons. The lowest BCUT2D eigenvalue weighted by molar-refractivity contribution is 0.903. The number of nitrogens with zero attached hydrogens (tertiary/aromatic N) is 1. The maximum atomic E-state index is 5.93. The monoisotopic (exact) mass is 316 g/mol. The fourth-order valence-electron chi connectivity index (χ4n) is 1.35. The average molecular weight is 318 g/mol. The van der Waals surface area contributed by atoms with E-state index in [0.717, 1.165) is 15.2 Å². The van der Waals surface area contributed by atoms with E-state index in [-0.39, 0.29) is 6.04 Å². The van der Waals surface area contributed by atoms with Crippen molar-refractivity contribution >= 4 is 44.6 Å². The lowest BCUT2D eigenvalue weighted by atomic mass is 10.2. The molecule has 2 nitrogen and oxygen atoms in total. The van der Waals surface area contributed by atoms with Crippen LogP contribution in [0.25, 0.3) is 0 Å². The number of thiazole rings is 1. The van der Waals surface area contributed by atoms with Crippen molar-refractivity contribution in [2.24, 2.45) is 0 Å². The molecule has 0 radical (unpaired) electrons. The second-order valence-electron chi connectivity index (χ2n) is 3.40. The van der Waals surface area contributed by atoms with E-state index in [1.165, 1.54) is 4.88 Å². The summed E-state index contributed by atoms with van der Waals surface area (Å²) in [5.41, 5.74) is 2.88. The van der Waals surface area contributed by atoms with Crippen molar-refractivity contribution in [3.8, 4) is 0 Å². The zero-order valence-electron chi connectivity index (χ0n) is 8.58. The summed E-state index contributed by atoms with van der Waals surface area (Å²) in [4.78, 5) is 5.28. The molecule has 16 heavy (non-hydrogen) atoms. The molecule has 2 aromatic rings. The van der Waals surface area contributed by atoms with E-state index in [1.807, 2.05) is 29.9 Å². The van der Waals surface area contributed by atoms with Gasteiger partial charge in [-0.15, -0.1) is 11.3 Å². The lowest BCUT2D eigenvalue weighted by Crippen LogP contribution is -2.04. The molecule has 1 aromatic carbocycles. The Morgan fingerprint density at radius 1 is 1.50 bits per heavy atom. The minimum absolute atomic E-state index is 0.251. The molecular formula is C11H10BrClN2S. The Kier molecular flexibility index (Phi) is 3.84. The molecule has 0 aliphatic carbocycles. The Bertz CT molecular complexity index is 473. The fourth-order valence-corrected chi connectivity index (χ4v) is 2.47. The van der Waals surface area contributed by atoms with Crippen LogP contribution in [0, 0.1) is 0 Å². The van der Waals surface area contributed by atoms with Gasteiger partial charge in [0.05, 0.1) is 16.6 Å². The van der Waals surface area contributed by atoms with Crippen molar-refractivity contribution in [1.29, 1.82) is 0 Å². The third kappa shape index (κ3) is 2.75. The van der Waals surface area contributed by atoms with Gasteiger partial charge in [-0.25, -0.2) is 0 Å². The normalized spacial score (nSPS) is 12.4. The van der Waals surface area contributed by atoms with E-state index in [4.69, 9.17) is 11.6 Å². The zero-order valence-corrected chi connectivity index (χ0v) is 11.7. The SMILES string of the molecule is CC(Nc1ccc(Cl)c(Br)c1)c1cncs1. The van der Waals surface area contributed by atoms with Crippen LogP contribution in [0.2, 0.25) is 5.02 Å². The number of aromatic nitrogens is 1. The van der Waals surface area contributed by atoms with Gasteiger partial charge in [0.15, 0.2) is 0 Å². The Labute approximate surface area is 112 Å². The summed E-state index contributed by atoms with van der Waals surface area (Å²) in [6.07, 6.45) is 1.88. The molecule has 2 rings (SSSR count). The van der Waals surface area contributed by atoms with Crippen LogP contribution in [0.5, 0.6) is 0 Å². The number of nitrogens with one attached hydrogen (secondary N) is 1. The van der Waals surface area contributed by atoms with Gasteiger partial charge in [0.1, 0.15) is 0 Å². The van der Waals surface area contributed by atoms with Gasteiger partial charge in [-0.1, -0.05) is 11.6 Å². The van der Waals surface area contributed by atoms with E-state index < -0.39 is 0 Å². The fraction of sp³-hybridized carbons (Fsp3) is 0.182. The predicted molar refractivity (Wildman–Crippen MR) is 73.3 cm³/mol. The molecule has 1 heterocycles. The Morgan fingerprint density at radius 3 is 2.94 bits per heavy atom. The smallest absolute Gasteiger partial charge is 0.0795 e. The molecule has 1 aromatic heterocycles. The maximum absolute atomic E-state index is 5.93. The second-order valence-corrected chi connectivity index (χ2v) is 5.58. The molecule has 0 fully saturated rings. The van der Waals surface area contributed by atoms with Crippen LogP contribution in [0.1, 0.15) is 17.8 Å². The summed E-state index contributed by atoms with van der Waals surface area (Å²) in [5, 5.41) is 4.11. The van der Waals surface area contributed by atoms with Gasteiger partial charge in [0.25, 0.3) is 0 Å². The highest BCUT2D eigenvalue weighted by molar-refractivity contribution is 9.10. The summed E-state index contributed by atoms with van der Waals surface area (Å²) in [7, 11) is 0. The van der Waals surface area contributed by atoms with E-state index in [0.29, 0.717) is 0 Å². The molecule has 0 bridgehead atoms. The number of anilines is 1. The quantitative estimate of drug-likeness (QED) is 0.885. The molecule has 1 N–H and O–H groups in total. The first kappa shape index (κ1) is 11.9. The van der Waals surface area contributed by atoms with Crippen molar-refractivity contribution < 1.29 is 0 Å². The van der Waals surface area contributed by atoms with Crippen LogP contribution in [0.15, 0.2) is 34.4 Å². The molecular weight excluding hydrogens is 308 g/mol. The Morgan fingerprint density at radius 2 is 2.31 bits per heavy atom. The third-order valence-electron chi connectivity index (χ3n) is 2.18. The van der Waals surface area contributed by atoms with Gasteiger partial charge >= 0.3 is 0 Å².